The molecule has 1 atom stereocenters. The molecular weight excluding hydrogens is 236 g/mol. The Hall–Kier alpha value is -2.29. The largest absolute Gasteiger partial charge is 0.399 e. The van der Waals surface area contributed by atoms with Crippen molar-refractivity contribution in [2.45, 2.75) is 19.4 Å². The van der Waals surface area contributed by atoms with E-state index in [1.54, 1.807) is 0 Å². The molecule has 0 aliphatic heterocycles. The fraction of sp³-hybridized carbons (Fsp3) is 0.188. The van der Waals surface area contributed by atoms with Gasteiger partial charge in [0.05, 0.1) is 12.5 Å². The second kappa shape index (κ2) is 6.05. The van der Waals surface area contributed by atoms with Crippen LogP contribution in [0.2, 0.25) is 0 Å². The molecule has 0 saturated carbocycles. The molecule has 1 unspecified atom stereocenters. The number of nitrogen functional groups attached to an aromatic ring is 1. The topological polar surface area (TPSA) is 55.1 Å². The van der Waals surface area contributed by atoms with Crippen LogP contribution in [-0.2, 0) is 11.2 Å². The van der Waals surface area contributed by atoms with Crippen molar-refractivity contribution in [3.63, 3.8) is 0 Å². The van der Waals surface area contributed by atoms with Gasteiger partial charge in [-0.15, -0.1) is 0 Å². The van der Waals surface area contributed by atoms with Gasteiger partial charge in [-0.2, -0.15) is 0 Å². The molecule has 0 saturated heterocycles. The van der Waals surface area contributed by atoms with Crippen molar-refractivity contribution in [1.82, 2.24) is 5.32 Å². The van der Waals surface area contributed by atoms with Gasteiger partial charge in [0.1, 0.15) is 0 Å². The first-order valence-corrected chi connectivity index (χ1v) is 6.34. The van der Waals surface area contributed by atoms with E-state index >= 15 is 0 Å². The number of benzene rings is 2. The summed E-state index contributed by atoms with van der Waals surface area (Å²) in [5.74, 6) is 0.0149. The molecule has 0 aromatic heterocycles. The van der Waals surface area contributed by atoms with E-state index < -0.39 is 0 Å². The molecule has 0 heterocycles. The SMILES string of the molecule is CC(NC(=O)Cc1ccccc1)c1cccc(N)c1. The molecule has 0 radical (unpaired) electrons. The van der Waals surface area contributed by atoms with E-state index in [1.165, 1.54) is 0 Å². The lowest BCUT2D eigenvalue weighted by atomic mass is 10.1. The van der Waals surface area contributed by atoms with E-state index in [0.29, 0.717) is 12.1 Å². The maximum atomic E-state index is 11.9. The first-order valence-electron chi connectivity index (χ1n) is 6.34. The average molecular weight is 254 g/mol. The summed E-state index contributed by atoms with van der Waals surface area (Å²) in [6.07, 6.45) is 0.396. The highest BCUT2D eigenvalue weighted by Crippen LogP contribution is 2.15. The van der Waals surface area contributed by atoms with Crippen molar-refractivity contribution in [2.24, 2.45) is 0 Å². The maximum absolute atomic E-state index is 11.9. The second-order valence-electron chi connectivity index (χ2n) is 4.62. The Balaban J connectivity index is 1.95. The highest BCUT2D eigenvalue weighted by atomic mass is 16.1. The lowest BCUT2D eigenvalue weighted by Crippen LogP contribution is -2.28. The number of hydrogen-bond acceptors (Lipinski definition) is 2. The van der Waals surface area contributed by atoms with Gasteiger partial charge in [-0.05, 0) is 30.2 Å². The Morgan fingerprint density at radius 1 is 1.16 bits per heavy atom. The number of carbonyl (C=O) groups is 1. The van der Waals surface area contributed by atoms with Gasteiger partial charge in [-0.3, -0.25) is 4.79 Å². The molecule has 2 aromatic carbocycles. The molecule has 3 heteroatoms. The van der Waals surface area contributed by atoms with Gasteiger partial charge < -0.3 is 11.1 Å². The molecule has 0 spiro atoms. The minimum Gasteiger partial charge on any atom is -0.399 e. The Kier molecular flexibility index (Phi) is 4.18. The van der Waals surface area contributed by atoms with Crippen LogP contribution in [0.15, 0.2) is 54.6 Å². The number of carbonyl (C=O) groups excluding carboxylic acids is 1. The van der Waals surface area contributed by atoms with E-state index in [9.17, 15) is 4.79 Å². The summed E-state index contributed by atoms with van der Waals surface area (Å²) in [7, 11) is 0. The van der Waals surface area contributed by atoms with Crippen molar-refractivity contribution in [3.05, 3.63) is 65.7 Å². The minimum absolute atomic E-state index is 0.0149. The van der Waals surface area contributed by atoms with Crippen LogP contribution >= 0.6 is 0 Å². The quantitative estimate of drug-likeness (QED) is 0.824. The van der Waals surface area contributed by atoms with E-state index in [1.807, 2.05) is 61.5 Å². The zero-order valence-electron chi connectivity index (χ0n) is 11.0. The van der Waals surface area contributed by atoms with Crippen LogP contribution in [0, 0.1) is 0 Å². The van der Waals surface area contributed by atoms with Gasteiger partial charge >= 0.3 is 0 Å². The summed E-state index contributed by atoms with van der Waals surface area (Å²) in [5.41, 5.74) is 8.48. The normalized spacial score (nSPS) is 11.8. The van der Waals surface area contributed by atoms with Gasteiger partial charge in [-0.1, -0.05) is 42.5 Å². The van der Waals surface area contributed by atoms with Crippen LogP contribution in [-0.4, -0.2) is 5.91 Å². The van der Waals surface area contributed by atoms with Crippen LogP contribution in [0.3, 0.4) is 0 Å². The summed E-state index contributed by atoms with van der Waals surface area (Å²) in [4.78, 5) is 11.9. The summed E-state index contributed by atoms with van der Waals surface area (Å²) < 4.78 is 0. The smallest absolute Gasteiger partial charge is 0.224 e. The van der Waals surface area contributed by atoms with Crippen LogP contribution < -0.4 is 11.1 Å². The monoisotopic (exact) mass is 254 g/mol. The van der Waals surface area contributed by atoms with Crippen LogP contribution in [0.25, 0.3) is 0 Å². The van der Waals surface area contributed by atoms with Crippen molar-refractivity contribution >= 4 is 11.6 Å². The first-order chi connectivity index (χ1) is 9.15. The molecule has 19 heavy (non-hydrogen) atoms. The third-order valence-electron chi connectivity index (χ3n) is 3.00. The van der Waals surface area contributed by atoms with Gasteiger partial charge in [0.15, 0.2) is 0 Å². The van der Waals surface area contributed by atoms with E-state index in [4.69, 9.17) is 5.73 Å². The molecule has 2 aromatic rings. The second-order valence-corrected chi connectivity index (χ2v) is 4.62. The first kappa shape index (κ1) is 13.1. The molecule has 0 aliphatic rings. The number of anilines is 1. The van der Waals surface area contributed by atoms with Crippen LogP contribution in [0.4, 0.5) is 5.69 Å². The number of nitrogens with one attached hydrogen (secondary N) is 1. The lowest BCUT2D eigenvalue weighted by molar-refractivity contribution is -0.121. The fourth-order valence-corrected chi connectivity index (χ4v) is 1.99. The van der Waals surface area contributed by atoms with Gasteiger partial charge in [0.25, 0.3) is 0 Å². The molecule has 98 valence electrons. The Morgan fingerprint density at radius 3 is 2.58 bits per heavy atom. The molecule has 3 N–H and O–H groups in total. The Morgan fingerprint density at radius 2 is 1.89 bits per heavy atom. The summed E-state index contributed by atoms with van der Waals surface area (Å²) in [5, 5.41) is 2.98. The molecule has 1 amide bonds. The van der Waals surface area contributed by atoms with Gasteiger partial charge in [-0.25, -0.2) is 0 Å². The van der Waals surface area contributed by atoms with Crippen molar-refractivity contribution in [2.75, 3.05) is 5.73 Å². The lowest BCUT2D eigenvalue weighted by Gasteiger charge is -2.14. The number of nitrogens with two attached hydrogens (primary N) is 1. The number of hydrogen-bond donors (Lipinski definition) is 2. The predicted molar refractivity (Wildman–Crippen MR) is 77.6 cm³/mol. The van der Waals surface area contributed by atoms with Crippen LogP contribution in [0.1, 0.15) is 24.1 Å². The van der Waals surface area contributed by atoms with E-state index in [0.717, 1.165) is 11.1 Å². The van der Waals surface area contributed by atoms with Gasteiger partial charge in [0.2, 0.25) is 5.91 Å². The highest BCUT2D eigenvalue weighted by molar-refractivity contribution is 5.79. The average Bonchev–Trinajstić information content (AvgIpc) is 2.39. The molecule has 0 bridgehead atoms. The van der Waals surface area contributed by atoms with Crippen molar-refractivity contribution in [3.8, 4) is 0 Å². The molecule has 0 fully saturated rings. The van der Waals surface area contributed by atoms with E-state index in [2.05, 4.69) is 5.32 Å². The Bertz CT molecular complexity index is 552. The van der Waals surface area contributed by atoms with Crippen molar-refractivity contribution in [1.29, 1.82) is 0 Å². The zero-order valence-corrected chi connectivity index (χ0v) is 11.0. The molecule has 0 aliphatic carbocycles. The summed E-state index contributed by atoms with van der Waals surface area (Å²) in [6.45, 7) is 1.96. The van der Waals surface area contributed by atoms with E-state index in [-0.39, 0.29) is 11.9 Å². The molecular formula is C16H18N2O. The molecule has 2 rings (SSSR count). The highest BCUT2D eigenvalue weighted by Gasteiger charge is 2.10. The summed E-state index contributed by atoms with van der Waals surface area (Å²) in [6, 6.07) is 17.2. The number of amides is 1. The molecule has 3 nitrogen and oxygen atoms in total. The van der Waals surface area contributed by atoms with Crippen molar-refractivity contribution < 1.29 is 4.79 Å². The van der Waals surface area contributed by atoms with Gasteiger partial charge in [0, 0.05) is 5.69 Å². The third-order valence-corrected chi connectivity index (χ3v) is 3.00. The minimum atomic E-state index is -0.0419. The summed E-state index contributed by atoms with van der Waals surface area (Å²) >= 11 is 0. The van der Waals surface area contributed by atoms with Crippen LogP contribution in [0.5, 0.6) is 0 Å². The third kappa shape index (κ3) is 3.85. The predicted octanol–water partition coefficient (Wildman–Crippen LogP) is 2.69. The standard InChI is InChI=1S/C16H18N2O/c1-12(14-8-5-9-15(17)11-14)18-16(19)10-13-6-3-2-4-7-13/h2-9,11-12H,10,17H2,1H3,(H,18,19). The number of rotatable bonds is 4. The Labute approximate surface area is 113 Å². The fourth-order valence-electron chi connectivity index (χ4n) is 1.99. The zero-order chi connectivity index (χ0) is 13.7. The maximum Gasteiger partial charge on any atom is 0.224 e.